The van der Waals surface area contributed by atoms with Gasteiger partial charge in [-0.1, -0.05) is 11.6 Å². The maximum absolute atomic E-state index is 11.6. The van der Waals surface area contributed by atoms with Gasteiger partial charge in [0.1, 0.15) is 16.4 Å². The highest BCUT2D eigenvalue weighted by Gasteiger charge is 2.29. The molecule has 1 aromatic rings. The van der Waals surface area contributed by atoms with Crippen molar-refractivity contribution in [3.05, 3.63) is 23.2 Å². The quantitative estimate of drug-likeness (QED) is 0.816. The Bertz CT molecular complexity index is 417. The summed E-state index contributed by atoms with van der Waals surface area (Å²) in [7, 11) is 0. The number of hydrogen-bond donors (Lipinski definition) is 2. The van der Waals surface area contributed by atoms with Gasteiger partial charge < -0.3 is 10.4 Å². The van der Waals surface area contributed by atoms with E-state index < -0.39 is 17.4 Å². The van der Waals surface area contributed by atoms with Crippen LogP contribution in [0.4, 0.5) is 0 Å². The van der Waals surface area contributed by atoms with Crippen molar-refractivity contribution in [1.29, 1.82) is 0 Å². The third-order valence-electron chi connectivity index (χ3n) is 1.81. The maximum atomic E-state index is 11.6. The van der Waals surface area contributed by atoms with E-state index in [1.54, 1.807) is 0 Å². The molecular weight excluding hydrogens is 234 g/mol. The second-order valence-electron chi connectivity index (χ2n) is 3.61. The molecule has 1 rings (SSSR count). The summed E-state index contributed by atoms with van der Waals surface area (Å²) in [6, 6.07) is 0. The Hall–Kier alpha value is -1.69. The van der Waals surface area contributed by atoms with Gasteiger partial charge in [0.2, 0.25) is 0 Å². The van der Waals surface area contributed by atoms with Crippen LogP contribution in [0.25, 0.3) is 0 Å². The molecule has 16 heavy (non-hydrogen) atoms. The second kappa shape index (κ2) is 4.44. The van der Waals surface area contributed by atoms with Gasteiger partial charge in [-0.15, -0.1) is 0 Å². The first-order chi connectivity index (χ1) is 7.33. The van der Waals surface area contributed by atoms with Crippen molar-refractivity contribution >= 4 is 23.5 Å². The predicted molar refractivity (Wildman–Crippen MR) is 56.2 cm³/mol. The molecule has 0 atom stereocenters. The van der Waals surface area contributed by atoms with Crippen LogP contribution < -0.4 is 5.32 Å². The molecule has 86 valence electrons. The fourth-order valence-corrected chi connectivity index (χ4v) is 0.928. The van der Waals surface area contributed by atoms with Gasteiger partial charge in [-0.2, -0.15) is 0 Å². The van der Waals surface area contributed by atoms with Gasteiger partial charge >= 0.3 is 5.97 Å². The van der Waals surface area contributed by atoms with Crippen LogP contribution in [0.1, 0.15) is 24.3 Å². The fourth-order valence-electron chi connectivity index (χ4n) is 0.831. The number of carboxylic acid groups (broad SMARTS) is 1. The van der Waals surface area contributed by atoms with Crippen LogP contribution in [0, 0.1) is 0 Å². The van der Waals surface area contributed by atoms with E-state index in [9.17, 15) is 9.59 Å². The van der Waals surface area contributed by atoms with Crippen LogP contribution in [-0.4, -0.2) is 32.5 Å². The fraction of sp³-hybridized carbons (Fsp3) is 0.333. The number of carboxylic acids is 1. The van der Waals surface area contributed by atoms with Gasteiger partial charge in [0.25, 0.3) is 5.91 Å². The summed E-state index contributed by atoms with van der Waals surface area (Å²) >= 11 is 5.50. The van der Waals surface area contributed by atoms with Crippen LogP contribution in [0.5, 0.6) is 0 Å². The van der Waals surface area contributed by atoms with Gasteiger partial charge in [0.05, 0.1) is 12.4 Å². The van der Waals surface area contributed by atoms with Crippen LogP contribution >= 0.6 is 11.6 Å². The van der Waals surface area contributed by atoms with E-state index in [4.69, 9.17) is 16.7 Å². The lowest BCUT2D eigenvalue weighted by atomic mass is 10.1. The van der Waals surface area contributed by atoms with Crippen molar-refractivity contribution in [2.75, 3.05) is 0 Å². The van der Waals surface area contributed by atoms with Crippen molar-refractivity contribution < 1.29 is 14.7 Å². The number of nitrogens with zero attached hydrogens (tertiary/aromatic N) is 2. The molecular formula is C9H10ClN3O3. The molecule has 0 bridgehead atoms. The molecule has 0 aliphatic rings. The first-order valence-electron chi connectivity index (χ1n) is 4.36. The van der Waals surface area contributed by atoms with Gasteiger partial charge in [-0.3, -0.25) is 4.79 Å². The maximum Gasteiger partial charge on any atom is 0.328 e. The lowest BCUT2D eigenvalue weighted by molar-refractivity contribution is -0.143. The second-order valence-corrected chi connectivity index (χ2v) is 4.00. The average molecular weight is 244 g/mol. The normalized spacial score (nSPS) is 10.9. The largest absolute Gasteiger partial charge is 0.480 e. The van der Waals surface area contributed by atoms with Gasteiger partial charge in [0, 0.05) is 0 Å². The van der Waals surface area contributed by atoms with Crippen LogP contribution in [-0.2, 0) is 4.79 Å². The number of carbonyl (C=O) groups is 2. The van der Waals surface area contributed by atoms with Crippen molar-refractivity contribution in [1.82, 2.24) is 15.3 Å². The van der Waals surface area contributed by atoms with Crippen molar-refractivity contribution in [2.45, 2.75) is 19.4 Å². The molecule has 0 saturated carbocycles. The van der Waals surface area contributed by atoms with Crippen LogP contribution in [0.2, 0.25) is 5.15 Å². The summed E-state index contributed by atoms with van der Waals surface area (Å²) in [5, 5.41) is 11.3. The van der Waals surface area contributed by atoms with Crippen LogP contribution in [0.15, 0.2) is 12.4 Å². The van der Waals surface area contributed by atoms with Crippen molar-refractivity contribution in [2.24, 2.45) is 0 Å². The van der Waals surface area contributed by atoms with E-state index in [1.807, 2.05) is 0 Å². The van der Waals surface area contributed by atoms with Gasteiger partial charge in [0.15, 0.2) is 0 Å². The Labute approximate surface area is 96.7 Å². The monoisotopic (exact) mass is 243 g/mol. The molecule has 1 amide bonds. The highest BCUT2D eigenvalue weighted by molar-refractivity contribution is 6.29. The smallest absolute Gasteiger partial charge is 0.328 e. The van der Waals surface area contributed by atoms with E-state index in [2.05, 4.69) is 15.3 Å². The average Bonchev–Trinajstić information content (AvgIpc) is 2.17. The lowest BCUT2D eigenvalue weighted by Gasteiger charge is -2.20. The number of nitrogens with one attached hydrogen (secondary N) is 1. The summed E-state index contributed by atoms with van der Waals surface area (Å²) in [5.74, 6) is -1.75. The molecule has 1 heterocycles. The van der Waals surface area contributed by atoms with Gasteiger partial charge in [-0.05, 0) is 13.8 Å². The SMILES string of the molecule is CC(C)(NC(=O)c1cnc(Cl)cn1)C(=O)O. The molecule has 0 spiro atoms. The molecule has 0 aromatic carbocycles. The Morgan fingerprint density at radius 2 is 2.00 bits per heavy atom. The van der Waals surface area contributed by atoms with Crippen molar-refractivity contribution in [3.8, 4) is 0 Å². The Balaban J connectivity index is 2.81. The van der Waals surface area contributed by atoms with Gasteiger partial charge in [-0.25, -0.2) is 14.8 Å². The Morgan fingerprint density at radius 3 is 2.44 bits per heavy atom. The zero-order chi connectivity index (χ0) is 12.3. The first-order valence-corrected chi connectivity index (χ1v) is 4.74. The Morgan fingerprint density at radius 1 is 1.38 bits per heavy atom. The summed E-state index contributed by atoms with van der Waals surface area (Å²) < 4.78 is 0. The molecule has 0 aliphatic heterocycles. The first kappa shape index (κ1) is 12.4. The summed E-state index contributed by atoms with van der Waals surface area (Å²) in [4.78, 5) is 29.7. The molecule has 0 fully saturated rings. The molecule has 1 aromatic heterocycles. The van der Waals surface area contributed by atoms with E-state index in [0.29, 0.717) is 0 Å². The number of aromatic nitrogens is 2. The van der Waals surface area contributed by atoms with E-state index >= 15 is 0 Å². The molecule has 6 nitrogen and oxygen atoms in total. The van der Waals surface area contributed by atoms with E-state index in [-0.39, 0.29) is 10.8 Å². The highest BCUT2D eigenvalue weighted by atomic mass is 35.5. The van der Waals surface area contributed by atoms with Crippen LogP contribution in [0.3, 0.4) is 0 Å². The van der Waals surface area contributed by atoms with E-state index in [1.165, 1.54) is 26.2 Å². The molecule has 0 unspecified atom stereocenters. The number of halogens is 1. The predicted octanol–water partition coefficient (Wildman–Crippen LogP) is 0.723. The Kier molecular flexibility index (Phi) is 3.44. The zero-order valence-corrected chi connectivity index (χ0v) is 9.45. The minimum atomic E-state index is -1.36. The lowest BCUT2D eigenvalue weighted by Crippen LogP contribution is -2.49. The summed E-state index contributed by atoms with van der Waals surface area (Å²) in [6.45, 7) is 2.74. The third kappa shape index (κ3) is 2.90. The summed E-state index contributed by atoms with van der Waals surface area (Å²) in [6.07, 6.45) is 2.39. The zero-order valence-electron chi connectivity index (χ0n) is 8.69. The minimum absolute atomic E-state index is 0.0127. The highest BCUT2D eigenvalue weighted by Crippen LogP contribution is 2.05. The molecule has 0 saturated heterocycles. The number of rotatable bonds is 3. The summed E-state index contributed by atoms with van der Waals surface area (Å²) in [5.41, 5.74) is -1.35. The topological polar surface area (TPSA) is 92.2 Å². The molecule has 0 radical (unpaired) electrons. The number of amides is 1. The van der Waals surface area contributed by atoms with Crippen molar-refractivity contribution in [3.63, 3.8) is 0 Å². The molecule has 7 heteroatoms. The number of hydrogen-bond acceptors (Lipinski definition) is 4. The van der Waals surface area contributed by atoms with E-state index in [0.717, 1.165) is 0 Å². The molecule has 0 aliphatic carbocycles. The standard InChI is InChI=1S/C9H10ClN3O3/c1-9(2,8(15)16)13-7(14)5-3-12-6(10)4-11-5/h3-4H,1-2H3,(H,13,14)(H,15,16). The number of carbonyl (C=O) groups excluding carboxylic acids is 1. The molecule has 2 N–H and O–H groups in total. The third-order valence-corrected chi connectivity index (χ3v) is 2.01. The number of aliphatic carboxylic acids is 1. The minimum Gasteiger partial charge on any atom is -0.480 e.